The molecule has 0 spiro atoms. The molecule has 13 heteroatoms. The van der Waals surface area contributed by atoms with Gasteiger partial charge in [-0.3, -0.25) is 0 Å². The molecule has 7 aliphatic rings. The summed E-state index contributed by atoms with van der Waals surface area (Å²) in [6.45, 7) is 11.9. The number of hydrogen-bond donors (Lipinski definition) is 0. The van der Waals surface area contributed by atoms with E-state index in [4.69, 9.17) is 34.8 Å². The molecule has 5 saturated carbocycles. The van der Waals surface area contributed by atoms with Gasteiger partial charge in [0.05, 0.1) is 24.4 Å². The van der Waals surface area contributed by atoms with Crippen LogP contribution in [0.1, 0.15) is 128 Å². The monoisotopic (exact) mass is 798 g/mol. The van der Waals surface area contributed by atoms with Crippen molar-refractivity contribution >= 4 is 42.8 Å². The highest BCUT2D eigenvalue weighted by atomic mass is 28.5. The molecule has 0 aromatic heterocycles. The first-order valence-corrected chi connectivity index (χ1v) is 33.8. The third-order valence-electron chi connectivity index (χ3n) is 14.4. The van der Waals surface area contributed by atoms with Crippen molar-refractivity contribution in [2.75, 3.05) is 14.2 Å². The quantitative estimate of drug-likeness (QED) is 0.0944. The molecule has 0 amide bonds. The summed E-state index contributed by atoms with van der Waals surface area (Å²) in [5.74, 6) is 1.49. The lowest BCUT2D eigenvalue weighted by atomic mass is 9.88. The molecule has 0 aromatic carbocycles. The summed E-state index contributed by atoms with van der Waals surface area (Å²) in [4.78, 5) is 0. The zero-order valence-electron chi connectivity index (χ0n) is 33.5. The summed E-state index contributed by atoms with van der Waals surface area (Å²) in [6.07, 6.45) is 26.9. The highest BCUT2D eigenvalue weighted by molar-refractivity contribution is 6.91. The third kappa shape index (κ3) is 9.66. The molecule has 0 aromatic rings. The molecule has 7 fully saturated rings. The number of epoxide rings is 2. The fraction of sp³-hybridized carbons (Fsp3) is 1.00. The number of fused-ring (bicyclic) bond motifs is 2. The largest absolute Gasteiger partial charge is 0.484 e. The molecular formula is C38H74O8Si5. The maximum atomic E-state index is 7.95. The van der Waals surface area contributed by atoms with E-state index in [1.165, 1.54) is 116 Å². The van der Waals surface area contributed by atoms with Crippen LogP contribution < -0.4 is 0 Å². The van der Waals surface area contributed by atoms with Gasteiger partial charge in [-0.1, -0.05) is 44.9 Å². The first kappa shape index (κ1) is 40.0. The van der Waals surface area contributed by atoms with Crippen LogP contribution in [0.25, 0.3) is 0 Å². The minimum Gasteiger partial charge on any atom is -0.416 e. The maximum Gasteiger partial charge on any atom is 0.484 e. The van der Waals surface area contributed by atoms with Gasteiger partial charge in [0.25, 0.3) is 0 Å². The Morgan fingerprint density at radius 2 is 0.980 bits per heavy atom. The zero-order chi connectivity index (χ0) is 35.9. The van der Waals surface area contributed by atoms with Crippen molar-refractivity contribution in [1.29, 1.82) is 0 Å². The van der Waals surface area contributed by atoms with Crippen LogP contribution in [0.4, 0.5) is 0 Å². The van der Waals surface area contributed by atoms with E-state index in [1.54, 1.807) is 0 Å². The van der Waals surface area contributed by atoms with E-state index >= 15 is 0 Å². The van der Waals surface area contributed by atoms with E-state index < -0.39 is 42.8 Å². The van der Waals surface area contributed by atoms with Crippen LogP contribution in [0, 0.1) is 11.8 Å². The fourth-order valence-corrected chi connectivity index (χ4v) is 37.1. The summed E-state index contributed by atoms with van der Waals surface area (Å²) < 4.78 is 56.1. The topological polar surface area (TPSA) is 80.4 Å². The Bertz CT molecular complexity index is 1130. The summed E-state index contributed by atoms with van der Waals surface area (Å²) >= 11 is 0. The van der Waals surface area contributed by atoms with Gasteiger partial charge in [-0.15, -0.1) is 0 Å². The number of hydrogen-bond acceptors (Lipinski definition) is 8. The predicted molar refractivity (Wildman–Crippen MR) is 214 cm³/mol. The van der Waals surface area contributed by atoms with Crippen molar-refractivity contribution < 1.29 is 34.8 Å². The van der Waals surface area contributed by atoms with Crippen LogP contribution in [0.15, 0.2) is 0 Å². The van der Waals surface area contributed by atoms with Gasteiger partial charge >= 0.3 is 34.5 Å². The van der Waals surface area contributed by atoms with Crippen LogP contribution in [-0.4, -0.2) is 81.4 Å². The molecule has 8 nitrogen and oxygen atoms in total. The number of ether oxygens (including phenoxy) is 2. The summed E-state index contributed by atoms with van der Waals surface area (Å²) in [7, 11) is -9.52. The SMILES string of the molecule is CO[Si](C)(CCC1CCC2OC2C1)O[Si](O[Si](C)(C)O[Si](OC)(O[Si](C)(C)CCC1CCC2OC2C1)C1CCCC1)(C1CCCC1)C1CCCC1. The number of rotatable bonds is 19. The minimum absolute atomic E-state index is 0.360. The summed E-state index contributed by atoms with van der Waals surface area (Å²) in [5.41, 5.74) is 1.38. The smallest absolute Gasteiger partial charge is 0.416 e. The second kappa shape index (κ2) is 16.3. The average Bonchev–Trinajstić information content (AvgIpc) is 3.67. The van der Waals surface area contributed by atoms with Gasteiger partial charge in [-0.05, 0) is 140 Å². The van der Waals surface area contributed by atoms with Crippen molar-refractivity contribution in [1.82, 2.24) is 0 Å². The lowest BCUT2D eigenvalue weighted by Gasteiger charge is -2.50. The molecule has 8 atom stereocenters. The average molecular weight is 799 g/mol. The van der Waals surface area contributed by atoms with E-state index in [-0.39, 0.29) is 0 Å². The Balaban J connectivity index is 1.12. The molecule has 2 aliphatic heterocycles. The van der Waals surface area contributed by atoms with Gasteiger partial charge in [-0.2, -0.15) is 0 Å². The first-order chi connectivity index (χ1) is 24.4. The third-order valence-corrected chi connectivity index (χ3v) is 36.2. The van der Waals surface area contributed by atoms with E-state index in [0.717, 1.165) is 36.8 Å². The summed E-state index contributed by atoms with van der Waals surface area (Å²) in [6, 6.07) is 2.20. The minimum atomic E-state index is -3.08. The first-order valence-electron chi connectivity index (χ1n) is 21.6. The highest BCUT2D eigenvalue weighted by Gasteiger charge is 2.63. The lowest BCUT2D eigenvalue weighted by Crippen LogP contribution is -2.66. The molecule has 0 bridgehead atoms. The molecule has 51 heavy (non-hydrogen) atoms. The van der Waals surface area contributed by atoms with E-state index in [9.17, 15) is 0 Å². The molecule has 2 saturated heterocycles. The molecule has 8 unspecified atom stereocenters. The van der Waals surface area contributed by atoms with Crippen LogP contribution in [0.2, 0.25) is 61.4 Å². The van der Waals surface area contributed by atoms with Crippen molar-refractivity contribution in [3.8, 4) is 0 Å². The van der Waals surface area contributed by atoms with Gasteiger partial charge in [-0.25, -0.2) is 0 Å². The molecule has 7 rings (SSSR count). The maximum absolute atomic E-state index is 7.95. The van der Waals surface area contributed by atoms with Crippen molar-refractivity contribution in [3.63, 3.8) is 0 Å². The van der Waals surface area contributed by atoms with Crippen LogP contribution in [-0.2, 0) is 34.8 Å². The van der Waals surface area contributed by atoms with Gasteiger partial charge in [0, 0.05) is 30.8 Å². The predicted octanol–water partition coefficient (Wildman–Crippen LogP) is 10.5. The van der Waals surface area contributed by atoms with E-state index in [0.29, 0.717) is 41.0 Å². The second-order valence-electron chi connectivity index (χ2n) is 19.2. The Labute approximate surface area is 316 Å². The molecule has 294 valence electrons. The van der Waals surface area contributed by atoms with Gasteiger partial charge in [0.15, 0.2) is 8.32 Å². The fourth-order valence-electron chi connectivity index (χ4n) is 11.3. The molecule has 5 aliphatic carbocycles. The van der Waals surface area contributed by atoms with Crippen molar-refractivity contribution in [3.05, 3.63) is 0 Å². The van der Waals surface area contributed by atoms with Crippen molar-refractivity contribution in [2.45, 2.75) is 214 Å². The van der Waals surface area contributed by atoms with Crippen LogP contribution in [0.3, 0.4) is 0 Å². The molecule has 0 radical (unpaired) electrons. The lowest BCUT2D eigenvalue weighted by molar-refractivity contribution is 0.158. The standard InChI is InChI=1S/C38H74O8Si5/c1-39-49(7,27-25-31-21-23-36-38(29-31)42-36)46-50(32-14-8-9-15-32,33-16-10-11-17-33)44-48(5,6)45-51(40-2,34-18-12-13-19-34)43-47(3,4)26-24-30-20-22-35-37(28-30)41-35/h30-38H,8-29H2,1-7H3. The normalized spacial score (nSPS) is 34.6. The Kier molecular flexibility index (Phi) is 12.8. The van der Waals surface area contributed by atoms with Crippen LogP contribution >= 0.6 is 0 Å². The highest BCUT2D eigenvalue weighted by Crippen LogP contribution is 2.54. The molecule has 2 heterocycles. The van der Waals surface area contributed by atoms with E-state index in [2.05, 4.69) is 32.7 Å². The molecular weight excluding hydrogens is 725 g/mol. The summed E-state index contributed by atoms with van der Waals surface area (Å²) in [5, 5.41) is 0. The Hall–Kier alpha value is 0.764. The Morgan fingerprint density at radius 1 is 0.490 bits per heavy atom. The van der Waals surface area contributed by atoms with Gasteiger partial charge in [0.2, 0.25) is 0 Å². The Morgan fingerprint density at radius 3 is 1.45 bits per heavy atom. The van der Waals surface area contributed by atoms with Crippen molar-refractivity contribution in [2.24, 2.45) is 11.8 Å². The van der Waals surface area contributed by atoms with Gasteiger partial charge < -0.3 is 34.8 Å². The molecule has 0 N–H and O–H groups in total. The van der Waals surface area contributed by atoms with Crippen LogP contribution in [0.5, 0.6) is 0 Å². The van der Waals surface area contributed by atoms with Gasteiger partial charge in [0.1, 0.15) is 0 Å². The zero-order valence-corrected chi connectivity index (χ0v) is 38.5. The second-order valence-corrected chi connectivity index (χ2v) is 38.0. The van der Waals surface area contributed by atoms with E-state index in [1.807, 2.05) is 14.2 Å².